The minimum atomic E-state index is -3.86. The molecule has 0 spiro atoms. The molecule has 2 aliphatic carbocycles. The molecule has 5 rings (SSSR count). The predicted octanol–water partition coefficient (Wildman–Crippen LogP) is 4.58. The third kappa shape index (κ3) is 4.83. The van der Waals surface area contributed by atoms with E-state index in [9.17, 15) is 13.2 Å². The Morgan fingerprint density at radius 3 is 2.71 bits per heavy atom. The number of sulfonamides is 1. The zero-order valence-electron chi connectivity index (χ0n) is 22.9. The Morgan fingerprint density at radius 2 is 1.97 bits per heavy atom. The summed E-state index contributed by atoms with van der Waals surface area (Å²) in [5, 5.41) is 0. The highest BCUT2D eigenvalue weighted by Crippen LogP contribution is 2.43. The first-order valence-corrected chi connectivity index (χ1v) is 14.5. The zero-order chi connectivity index (χ0) is 27.5. The molecule has 2 atom stereocenters. The van der Waals surface area contributed by atoms with Crippen LogP contribution in [0.2, 0.25) is 0 Å². The summed E-state index contributed by atoms with van der Waals surface area (Å²) in [7, 11) is -2.10. The average Bonchev–Trinajstić information content (AvgIpc) is 3.08. The van der Waals surface area contributed by atoms with Crippen LogP contribution in [-0.2, 0) is 23.6 Å². The van der Waals surface area contributed by atoms with Crippen LogP contribution in [0.4, 0.5) is 0 Å². The minimum Gasteiger partial charge on any atom is -0.290 e. The second kappa shape index (κ2) is 9.21. The van der Waals surface area contributed by atoms with Gasteiger partial charge in [0.25, 0.3) is 0 Å². The van der Waals surface area contributed by atoms with Gasteiger partial charge in [-0.1, -0.05) is 40.3 Å². The number of aryl methyl sites for hydroxylation is 1. The molecule has 0 radical (unpaired) electrons. The van der Waals surface area contributed by atoms with Crippen molar-refractivity contribution < 1.29 is 8.42 Å². The zero-order valence-corrected chi connectivity index (χ0v) is 23.7. The number of nitrogens with one attached hydrogen (secondary N) is 1. The van der Waals surface area contributed by atoms with Crippen molar-refractivity contribution in [3.63, 3.8) is 0 Å². The van der Waals surface area contributed by atoms with E-state index in [1.54, 1.807) is 40.7 Å². The molecule has 0 saturated heterocycles. The van der Waals surface area contributed by atoms with Crippen LogP contribution in [0.25, 0.3) is 22.1 Å². The summed E-state index contributed by atoms with van der Waals surface area (Å²) in [6.07, 6.45) is 7.23. The monoisotopic (exact) mass is 533 g/mol. The second-order valence-corrected chi connectivity index (χ2v) is 14.1. The summed E-state index contributed by atoms with van der Waals surface area (Å²) >= 11 is 0. The highest BCUT2D eigenvalue weighted by atomic mass is 32.2. The lowest BCUT2D eigenvalue weighted by atomic mass is 9.69. The molecule has 200 valence electrons. The van der Waals surface area contributed by atoms with Gasteiger partial charge >= 0.3 is 5.69 Å². The van der Waals surface area contributed by atoms with E-state index in [4.69, 9.17) is 4.98 Å². The van der Waals surface area contributed by atoms with Crippen molar-refractivity contribution in [1.82, 2.24) is 23.8 Å². The van der Waals surface area contributed by atoms with Crippen molar-refractivity contribution in [2.75, 3.05) is 0 Å². The summed E-state index contributed by atoms with van der Waals surface area (Å²) in [6, 6.07) is 5.37. The van der Waals surface area contributed by atoms with Crippen molar-refractivity contribution in [3.8, 4) is 0 Å². The first-order chi connectivity index (χ1) is 17.8. The molecular weight excluding hydrogens is 498 g/mol. The van der Waals surface area contributed by atoms with Gasteiger partial charge in [-0.15, -0.1) is 0 Å². The van der Waals surface area contributed by atoms with Gasteiger partial charge in [-0.05, 0) is 60.1 Å². The fraction of sp³-hybridized carbons (Fsp3) is 0.483. The molecule has 0 amide bonds. The van der Waals surface area contributed by atoms with Gasteiger partial charge in [0.1, 0.15) is 4.91 Å². The van der Waals surface area contributed by atoms with E-state index in [1.807, 2.05) is 12.1 Å². The van der Waals surface area contributed by atoms with E-state index in [1.165, 1.54) is 0 Å². The molecule has 1 saturated carbocycles. The Morgan fingerprint density at radius 1 is 1.21 bits per heavy atom. The molecule has 1 fully saturated rings. The summed E-state index contributed by atoms with van der Waals surface area (Å²) in [5.74, 6) is 0.0634. The lowest BCUT2D eigenvalue weighted by Gasteiger charge is -2.42. The lowest BCUT2D eigenvalue weighted by Crippen LogP contribution is -2.48. The number of rotatable bonds is 5. The van der Waals surface area contributed by atoms with Crippen LogP contribution in [0.1, 0.15) is 76.6 Å². The van der Waals surface area contributed by atoms with Crippen LogP contribution >= 0.6 is 0 Å². The number of imidazole rings is 1. The maximum absolute atomic E-state index is 13.6. The van der Waals surface area contributed by atoms with E-state index in [2.05, 4.69) is 55.8 Å². The Hall–Kier alpha value is -3.22. The number of pyridine rings is 2. The van der Waals surface area contributed by atoms with Gasteiger partial charge in [0.15, 0.2) is 5.65 Å². The first kappa shape index (κ1) is 26.4. The fourth-order valence-electron chi connectivity index (χ4n) is 5.49. The van der Waals surface area contributed by atoms with E-state index in [-0.39, 0.29) is 33.4 Å². The van der Waals surface area contributed by atoms with Crippen molar-refractivity contribution in [3.05, 3.63) is 69.4 Å². The molecule has 3 heterocycles. The molecule has 0 aliphatic heterocycles. The van der Waals surface area contributed by atoms with E-state index >= 15 is 0 Å². The molecule has 0 bridgehead atoms. The van der Waals surface area contributed by atoms with Gasteiger partial charge in [0, 0.05) is 54.8 Å². The quantitative estimate of drug-likeness (QED) is 0.484. The average molecular weight is 534 g/mol. The number of fused-ring (bicyclic) bond motifs is 2. The highest BCUT2D eigenvalue weighted by molar-refractivity contribution is 7.98. The molecule has 8 nitrogen and oxygen atoms in total. The summed E-state index contributed by atoms with van der Waals surface area (Å²) < 4.78 is 33.6. The van der Waals surface area contributed by atoms with Gasteiger partial charge in [0.2, 0.25) is 10.0 Å². The van der Waals surface area contributed by atoms with E-state index < -0.39 is 10.0 Å². The van der Waals surface area contributed by atoms with Gasteiger partial charge in [-0.2, -0.15) is 0 Å². The van der Waals surface area contributed by atoms with Crippen LogP contribution < -0.4 is 10.4 Å². The van der Waals surface area contributed by atoms with Crippen LogP contribution in [0.5, 0.6) is 0 Å². The minimum absolute atomic E-state index is 0.0497. The van der Waals surface area contributed by atoms with Gasteiger partial charge < -0.3 is 0 Å². The SMILES string of the molecule is Cn1c(=O)n(CC(C)(C)C)c2ccc(C3CCC(C)(C)C(NS(=O)(=O)C4=C=C=Cc5cnccc54)C3)nc21. The highest BCUT2D eigenvalue weighted by Gasteiger charge is 2.40. The first-order valence-electron chi connectivity index (χ1n) is 13.0. The Labute approximate surface area is 223 Å². The largest absolute Gasteiger partial charge is 0.330 e. The van der Waals surface area contributed by atoms with Gasteiger partial charge in [0.05, 0.1) is 5.52 Å². The van der Waals surface area contributed by atoms with Crippen molar-refractivity contribution in [2.24, 2.45) is 17.9 Å². The standard InChI is InChI=1S/C29H35N5O3S/c1-28(2,3)18-34-23-11-10-22(31-26(23)33(6)27(34)35)19-12-14-29(4,5)25(16-19)32-38(36,37)24-9-7-8-20-17-30-15-13-21(20)24/h8,10-11,13,15,17,19,25,32H,12,14,16,18H2,1-6H3. The number of hydrogen-bond acceptors (Lipinski definition) is 5. The van der Waals surface area contributed by atoms with E-state index in [0.29, 0.717) is 29.7 Å². The number of hydrogen-bond donors (Lipinski definition) is 1. The molecule has 2 aliphatic rings. The Bertz CT molecular complexity index is 1690. The molecular formula is C29H35N5O3S. The predicted molar refractivity (Wildman–Crippen MR) is 150 cm³/mol. The van der Waals surface area contributed by atoms with Crippen LogP contribution in [-0.4, -0.2) is 33.6 Å². The van der Waals surface area contributed by atoms with Gasteiger partial charge in [-0.25, -0.2) is 22.9 Å². The molecule has 38 heavy (non-hydrogen) atoms. The molecule has 3 aromatic rings. The molecule has 9 heteroatoms. The lowest BCUT2D eigenvalue weighted by molar-refractivity contribution is 0.170. The fourth-order valence-corrected chi connectivity index (χ4v) is 7.07. The third-order valence-corrected chi connectivity index (χ3v) is 9.18. The molecule has 1 N–H and O–H groups in total. The topological polar surface area (TPSA) is 98.9 Å². The van der Waals surface area contributed by atoms with Crippen molar-refractivity contribution in [2.45, 2.75) is 72.4 Å². The summed E-state index contributed by atoms with van der Waals surface area (Å²) in [5.41, 5.74) is 8.91. The van der Waals surface area contributed by atoms with Gasteiger partial charge in [-0.3, -0.25) is 14.1 Å². The van der Waals surface area contributed by atoms with Crippen LogP contribution in [0, 0.1) is 10.8 Å². The summed E-state index contributed by atoms with van der Waals surface area (Å²) in [4.78, 5) is 22.1. The maximum Gasteiger partial charge on any atom is 0.330 e. The summed E-state index contributed by atoms with van der Waals surface area (Å²) in [6.45, 7) is 11.1. The van der Waals surface area contributed by atoms with E-state index in [0.717, 1.165) is 24.1 Å². The molecule has 0 aromatic carbocycles. The second-order valence-electron chi connectivity index (χ2n) is 12.4. The number of aromatic nitrogens is 4. The van der Waals surface area contributed by atoms with Crippen LogP contribution in [0.15, 0.2) is 46.8 Å². The maximum atomic E-state index is 13.6. The van der Waals surface area contributed by atoms with Crippen LogP contribution in [0.3, 0.4) is 0 Å². The van der Waals surface area contributed by atoms with Crippen molar-refractivity contribution in [1.29, 1.82) is 0 Å². The molecule has 3 aromatic heterocycles. The smallest absolute Gasteiger partial charge is 0.290 e. The Balaban J connectivity index is 1.45. The Kier molecular flexibility index (Phi) is 6.40. The third-order valence-electron chi connectivity index (χ3n) is 7.73. The normalized spacial score (nSPS) is 20.9. The number of nitrogens with zero attached hydrogens (tertiary/aromatic N) is 4. The molecule has 2 unspecified atom stereocenters. The van der Waals surface area contributed by atoms with Crippen molar-refractivity contribution >= 4 is 32.2 Å².